The highest BCUT2D eigenvalue weighted by molar-refractivity contribution is 5.68. The predicted molar refractivity (Wildman–Crippen MR) is 63.4 cm³/mol. The van der Waals surface area contributed by atoms with Crippen LogP contribution in [0.25, 0.3) is 0 Å². The van der Waals surface area contributed by atoms with Crippen molar-refractivity contribution in [1.82, 2.24) is 4.90 Å². The Morgan fingerprint density at radius 1 is 1.38 bits per heavy atom. The SMILES string of the molecule is CC(C)(C)OC(=O)N1CCOCC1.CCN. The lowest BCUT2D eigenvalue weighted by molar-refractivity contribution is -0.00676. The molecule has 0 aromatic carbocycles. The fraction of sp³-hybridized carbons (Fsp3) is 0.909. The maximum Gasteiger partial charge on any atom is 0.410 e. The molecule has 16 heavy (non-hydrogen) atoms. The van der Waals surface area contributed by atoms with Crippen LogP contribution in [0.5, 0.6) is 0 Å². The summed E-state index contributed by atoms with van der Waals surface area (Å²) in [5.41, 5.74) is 4.44. The number of ether oxygens (including phenoxy) is 2. The van der Waals surface area contributed by atoms with Crippen molar-refractivity contribution in [2.24, 2.45) is 5.73 Å². The summed E-state index contributed by atoms with van der Waals surface area (Å²) in [6, 6.07) is 0. The monoisotopic (exact) mass is 232 g/mol. The first kappa shape index (κ1) is 15.2. The molecule has 5 heteroatoms. The van der Waals surface area contributed by atoms with E-state index in [1.54, 1.807) is 4.90 Å². The molecule has 1 aliphatic rings. The van der Waals surface area contributed by atoms with Gasteiger partial charge in [0.15, 0.2) is 0 Å². The average Bonchev–Trinajstić information content (AvgIpc) is 2.18. The Morgan fingerprint density at radius 2 is 1.81 bits per heavy atom. The van der Waals surface area contributed by atoms with Crippen molar-refractivity contribution in [2.45, 2.75) is 33.3 Å². The minimum atomic E-state index is -0.407. The van der Waals surface area contributed by atoms with Crippen molar-refractivity contribution >= 4 is 6.09 Å². The summed E-state index contributed by atoms with van der Waals surface area (Å²) in [5.74, 6) is 0. The molecule has 1 heterocycles. The predicted octanol–water partition coefficient (Wildman–Crippen LogP) is 1.22. The normalized spacial score (nSPS) is 16.2. The molecule has 0 spiro atoms. The van der Waals surface area contributed by atoms with Gasteiger partial charge >= 0.3 is 6.09 Å². The van der Waals surface area contributed by atoms with Crippen LogP contribution < -0.4 is 5.73 Å². The fourth-order valence-electron chi connectivity index (χ4n) is 1.07. The lowest BCUT2D eigenvalue weighted by atomic mass is 10.2. The van der Waals surface area contributed by atoms with Crippen LogP contribution in [0, 0.1) is 0 Å². The number of carbonyl (C=O) groups excluding carboxylic acids is 1. The van der Waals surface area contributed by atoms with Crippen LogP contribution in [0.2, 0.25) is 0 Å². The van der Waals surface area contributed by atoms with Gasteiger partial charge in [-0.1, -0.05) is 6.92 Å². The molecule has 2 N–H and O–H groups in total. The number of amides is 1. The molecule has 1 fully saturated rings. The molecule has 0 aliphatic carbocycles. The van der Waals surface area contributed by atoms with Crippen LogP contribution in [0.15, 0.2) is 0 Å². The van der Waals surface area contributed by atoms with Crippen LogP contribution >= 0.6 is 0 Å². The quantitative estimate of drug-likeness (QED) is 0.682. The molecule has 0 radical (unpaired) electrons. The first-order chi connectivity index (χ1) is 7.40. The van der Waals surface area contributed by atoms with Crippen molar-refractivity contribution in [1.29, 1.82) is 0 Å². The summed E-state index contributed by atoms with van der Waals surface area (Å²) < 4.78 is 10.3. The van der Waals surface area contributed by atoms with Crippen molar-refractivity contribution in [2.75, 3.05) is 32.8 Å². The Bertz CT molecular complexity index is 196. The summed E-state index contributed by atoms with van der Waals surface area (Å²) in [6.07, 6.45) is -0.240. The number of rotatable bonds is 0. The molecule has 0 unspecified atom stereocenters. The van der Waals surface area contributed by atoms with Crippen LogP contribution in [0.1, 0.15) is 27.7 Å². The molecule has 1 aliphatic heterocycles. The molecule has 0 aromatic heterocycles. The van der Waals surface area contributed by atoms with Crippen molar-refractivity contribution in [3.8, 4) is 0 Å². The number of hydrogen-bond acceptors (Lipinski definition) is 4. The van der Waals surface area contributed by atoms with Crippen molar-refractivity contribution < 1.29 is 14.3 Å². The molecular weight excluding hydrogens is 208 g/mol. The van der Waals surface area contributed by atoms with Gasteiger partial charge in [0.05, 0.1) is 13.2 Å². The second-order valence-corrected chi connectivity index (χ2v) is 4.49. The summed E-state index contributed by atoms with van der Waals surface area (Å²) in [7, 11) is 0. The maximum absolute atomic E-state index is 11.5. The standard InChI is InChI=1S/C9H17NO3.C2H7N/c1-9(2,3)13-8(11)10-4-6-12-7-5-10;1-2-3/h4-7H2,1-3H3;2-3H2,1H3. The van der Waals surface area contributed by atoms with E-state index in [2.05, 4.69) is 0 Å². The van der Waals surface area contributed by atoms with Gasteiger partial charge in [-0.15, -0.1) is 0 Å². The molecular formula is C11H24N2O3. The second-order valence-electron chi connectivity index (χ2n) is 4.49. The van der Waals surface area contributed by atoms with Crippen LogP contribution in [-0.4, -0.2) is 49.4 Å². The van der Waals surface area contributed by atoms with E-state index in [-0.39, 0.29) is 6.09 Å². The lowest BCUT2D eigenvalue weighted by Gasteiger charge is -2.29. The lowest BCUT2D eigenvalue weighted by Crippen LogP contribution is -2.43. The molecule has 1 saturated heterocycles. The smallest absolute Gasteiger partial charge is 0.410 e. The van der Waals surface area contributed by atoms with Gasteiger partial charge in [0.2, 0.25) is 0 Å². The third kappa shape index (κ3) is 7.48. The third-order valence-corrected chi connectivity index (χ3v) is 1.66. The highest BCUT2D eigenvalue weighted by Gasteiger charge is 2.23. The number of carbonyl (C=O) groups is 1. The molecule has 0 atom stereocenters. The van der Waals surface area contributed by atoms with E-state index in [1.165, 1.54) is 0 Å². The fourth-order valence-corrected chi connectivity index (χ4v) is 1.07. The number of morpholine rings is 1. The minimum absolute atomic E-state index is 0.240. The Kier molecular flexibility index (Phi) is 7.08. The van der Waals surface area contributed by atoms with Gasteiger partial charge in [-0.05, 0) is 27.3 Å². The molecule has 1 rings (SSSR count). The van der Waals surface area contributed by atoms with E-state index in [4.69, 9.17) is 15.2 Å². The highest BCUT2D eigenvalue weighted by Crippen LogP contribution is 2.10. The average molecular weight is 232 g/mol. The second kappa shape index (κ2) is 7.46. The Labute approximate surface area is 97.9 Å². The van der Waals surface area contributed by atoms with Gasteiger partial charge < -0.3 is 20.1 Å². The third-order valence-electron chi connectivity index (χ3n) is 1.66. The zero-order valence-electron chi connectivity index (χ0n) is 10.8. The van der Waals surface area contributed by atoms with Gasteiger partial charge in [-0.2, -0.15) is 0 Å². The minimum Gasteiger partial charge on any atom is -0.444 e. The van der Waals surface area contributed by atoms with E-state index in [0.29, 0.717) is 26.3 Å². The van der Waals surface area contributed by atoms with Crippen molar-refractivity contribution in [3.05, 3.63) is 0 Å². The Morgan fingerprint density at radius 3 is 2.19 bits per heavy atom. The Hall–Kier alpha value is -0.810. The van der Waals surface area contributed by atoms with Crippen LogP contribution in [0.3, 0.4) is 0 Å². The van der Waals surface area contributed by atoms with Gasteiger partial charge in [0.25, 0.3) is 0 Å². The van der Waals surface area contributed by atoms with E-state index < -0.39 is 5.60 Å². The topological polar surface area (TPSA) is 64.8 Å². The molecule has 1 amide bonds. The zero-order valence-corrected chi connectivity index (χ0v) is 10.8. The zero-order chi connectivity index (χ0) is 12.6. The first-order valence-electron chi connectivity index (χ1n) is 5.66. The Balaban J connectivity index is 0.000000673. The van der Waals surface area contributed by atoms with Crippen LogP contribution in [-0.2, 0) is 9.47 Å². The van der Waals surface area contributed by atoms with Gasteiger partial charge in [-0.25, -0.2) is 4.79 Å². The molecule has 96 valence electrons. The van der Waals surface area contributed by atoms with Gasteiger partial charge in [0.1, 0.15) is 5.60 Å². The first-order valence-corrected chi connectivity index (χ1v) is 5.66. The van der Waals surface area contributed by atoms with E-state index in [9.17, 15) is 4.79 Å². The summed E-state index contributed by atoms with van der Waals surface area (Å²) in [6.45, 7) is 10.7. The molecule has 0 bridgehead atoms. The summed E-state index contributed by atoms with van der Waals surface area (Å²) >= 11 is 0. The highest BCUT2D eigenvalue weighted by atomic mass is 16.6. The van der Waals surface area contributed by atoms with E-state index >= 15 is 0 Å². The van der Waals surface area contributed by atoms with Gasteiger partial charge in [0, 0.05) is 13.1 Å². The summed E-state index contributed by atoms with van der Waals surface area (Å²) in [5, 5.41) is 0. The van der Waals surface area contributed by atoms with E-state index in [0.717, 1.165) is 6.54 Å². The molecule has 0 aromatic rings. The number of nitrogens with two attached hydrogens (primary N) is 1. The summed E-state index contributed by atoms with van der Waals surface area (Å²) in [4.78, 5) is 13.1. The molecule has 0 saturated carbocycles. The van der Waals surface area contributed by atoms with Gasteiger partial charge in [-0.3, -0.25) is 0 Å². The number of hydrogen-bond donors (Lipinski definition) is 1. The number of nitrogens with zero attached hydrogens (tertiary/aromatic N) is 1. The van der Waals surface area contributed by atoms with Crippen molar-refractivity contribution in [3.63, 3.8) is 0 Å². The van der Waals surface area contributed by atoms with E-state index in [1.807, 2.05) is 27.7 Å². The van der Waals surface area contributed by atoms with Crippen LogP contribution in [0.4, 0.5) is 4.79 Å². The molecule has 5 nitrogen and oxygen atoms in total. The largest absolute Gasteiger partial charge is 0.444 e. The maximum atomic E-state index is 11.5.